The Labute approximate surface area is 46.6 Å². The fourth-order valence-corrected chi connectivity index (χ4v) is 0.601. The van der Waals surface area contributed by atoms with Gasteiger partial charge in [0.15, 0.2) is 0 Å². The monoisotopic (exact) mass is 122 g/mol. The molecule has 0 aromatic carbocycles. The zero-order valence-corrected chi connectivity index (χ0v) is 4.87. The Kier molecular flexibility index (Phi) is 0.899. The van der Waals surface area contributed by atoms with Crippen molar-refractivity contribution in [2.45, 2.75) is 24.9 Å². The maximum atomic E-state index is 12.1. The summed E-state index contributed by atoms with van der Waals surface area (Å²) in [5.41, 5.74) is -1.15. The average Bonchev–Trinajstić information content (AvgIpc) is 2.10. The van der Waals surface area contributed by atoms with E-state index in [0.717, 1.165) is 0 Å². The number of alkyl halides is 2. The van der Waals surface area contributed by atoms with Crippen LogP contribution in [0.3, 0.4) is 0 Å². The Balaban J connectivity index is 2.55. The van der Waals surface area contributed by atoms with Crippen molar-refractivity contribution in [1.29, 1.82) is 0 Å². The fraction of sp³-hybridized carbons (Fsp3) is 1.00. The van der Waals surface area contributed by atoms with Crippen LogP contribution in [0.1, 0.15) is 13.3 Å². The van der Waals surface area contributed by atoms with Crippen molar-refractivity contribution >= 4 is 0 Å². The predicted octanol–water partition coefficient (Wildman–Crippen LogP) is 1.43. The number of ether oxygens (including phenoxy) is 1. The molecule has 0 bridgehead atoms. The SMILES string of the molecule is CO[C@]1(C)CC1(F)F. The smallest absolute Gasteiger partial charge is 0.279 e. The van der Waals surface area contributed by atoms with Gasteiger partial charge in [-0.05, 0) is 6.92 Å². The van der Waals surface area contributed by atoms with E-state index >= 15 is 0 Å². The summed E-state index contributed by atoms with van der Waals surface area (Å²) in [6.07, 6.45) is -0.128. The highest BCUT2D eigenvalue weighted by Crippen LogP contribution is 2.54. The third-order valence-corrected chi connectivity index (χ3v) is 1.66. The van der Waals surface area contributed by atoms with Gasteiger partial charge in [-0.1, -0.05) is 0 Å². The highest BCUT2D eigenvalue weighted by Gasteiger charge is 2.69. The first-order valence-corrected chi connectivity index (χ1v) is 2.45. The van der Waals surface area contributed by atoms with E-state index in [1.54, 1.807) is 0 Å². The number of methoxy groups -OCH3 is 1. The Hall–Kier alpha value is -0.180. The normalized spacial score (nSPS) is 42.0. The molecular weight excluding hydrogens is 114 g/mol. The number of halogens is 2. The standard InChI is InChI=1S/C5H8F2O/c1-4(8-2)3-5(4,6)7/h3H2,1-2H3/t4-/m1/s1. The maximum absolute atomic E-state index is 12.1. The van der Waals surface area contributed by atoms with Gasteiger partial charge in [-0.15, -0.1) is 0 Å². The Morgan fingerprint density at radius 2 is 1.88 bits per heavy atom. The third-order valence-electron chi connectivity index (χ3n) is 1.66. The van der Waals surface area contributed by atoms with Crippen molar-refractivity contribution in [3.8, 4) is 0 Å². The van der Waals surface area contributed by atoms with Gasteiger partial charge in [-0.3, -0.25) is 0 Å². The number of rotatable bonds is 1. The van der Waals surface area contributed by atoms with Crippen LogP contribution in [-0.2, 0) is 4.74 Å². The molecule has 1 aliphatic rings. The van der Waals surface area contributed by atoms with Crippen molar-refractivity contribution in [2.24, 2.45) is 0 Å². The molecule has 8 heavy (non-hydrogen) atoms. The maximum Gasteiger partial charge on any atom is 0.279 e. The third kappa shape index (κ3) is 0.540. The topological polar surface area (TPSA) is 9.23 Å². The first-order valence-electron chi connectivity index (χ1n) is 2.45. The van der Waals surface area contributed by atoms with Crippen molar-refractivity contribution in [3.05, 3.63) is 0 Å². The van der Waals surface area contributed by atoms with Crippen LogP contribution in [0.2, 0.25) is 0 Å². The van der Waals surface area contributed by atoms with Crippen molar-refractivity contribution < 1.29 is 13.5 Å². The van der Waals surface area contributed by atoms with Crippen LogP contribution in [0.15, 0.2) is 0 Å². The lowest BCUT2D eigenvalue weighted by Gasteiger charge is -2.04. The molecular formula is C5H8F2O. The van der Waals surface area contributed by atoms with Gasteiger partial charge < -0.3 is 4.74 Å². The summed E-state index contributed by atoms with van der Waals surface area (Å²) < 4.78 is 28.6. The summed E-state index contributed by atoms with van der Waals surface area (Å²) in [5.74, 6) is -2.57. The van der Waals surface area contributed by atoms with Crippen LogP contribution < -0.4 is 0 Å². The van der Waals surface area contributed by atoms with Crippen LogP contribution in [0.5, 0.6) is 0 Å². The molecule has 0 aromatic heterocycles. The molecule has 1 nitrogen and oxygen atoms in total. The number of hydrogen-bond acceptors (Lipinski definition) is 1. The summed E-state index contributed by atoms with van der Waals surface area (Å²) in [6, 6.07) is 0. The van der Waals surface area contributed by atoms with E-state index in [1.165, 1.54) is 14.0 Å². The lowest BCUT2D eigenvalue weighted by molar-refractivity contribution is -0.0211. The molecule has 0 amide bonds. The lowest BCUT2D eigenvalue weighted by atomic mass is 10.4. The number of hydrogen-bond donors (Lipinski definition) is 0. The average molecular weight is 122 g/mol. The Morgan fingerprint density at radius 1 is 1.50 bits per heavy atom. The first kappa shape index (κ1) is 5.95. The van der Waals surface area contributed by atoms with Gasteiger partial charge in [-0.2, -0.15) is 0 Å². The highest BCUT2D eigenvalue weighted by molar-refractivity contribution is 5.09. The van der Waals surface area contributed by atoms with Gasteiger partial charge >= 0.3 is 0 Å². The van der Waals surface area contributed by atoms with E-state index in [2.05, 4.69) is 4.74 Å². The van der Waals surface area contributed by atoms with Gasteiger partial charge in [0, 0.05) is 13.5 Å². The minimum atomic E-state index is -2.57. The molecule has 0 unspecified atom stereocenters. The molecule has 0 heterocycles. The van der Waals surface area contributed by atoms with Crippen LogP contribution in [0, 0.1) is 0 Å². The molecule has 0 spiro atoms. The van der Waals surface area contributed by atoms with E-state index < -0.39 is 11.5 Å². The lowest BCUT2D eigenvalue weighted by Crippen LogP contribution is -2.15. The fourth-order valence-electron chi connectivity index (χ4n) is 0.601. The second kappa shape index (κ2) is 1.21. The van der Waals surface area contributed by atoms with Gasteiger partial charge in [0.2, 0.25) is 0 Å². The molecule has 1 saturated carbocycles. The largest absolute Gasteiger partial charge is 0.372 e. The molecule has 1 aliphatic carbocycles. The van der Waals surface area contributed by atoms with Crippen molar-refractivity contribution in [2.75, 3.05) is 7.11 Å². The summed E-state index contributed by atoms with van der Waals surface area (Å²) in [6.45, 7) is 1.41. The minimum Gasteiger partial charge on any atom is -0.372 e. The molecule has 1 rings (SSSR count). The molecule has 0 aromatic rings. The second-order valence-corrected chi connectivity index (χ2v) is 2.32. The van der Waals surface area contributed by atoms with Crippen LogP contribution >= 0.6 is 0 Å². The van der Waals surface area contributed by atoms with Crippen molar-refractivity contribution in [1.82, 2.24) is 0 Å². The molecule has 1 atom stereocenters. The molecule has 0 saturated heterocycles. The van der Waals surface area contributed by atoms with E-state index in [1.807, 2.05) is 0 Å². The first-order chi connectivity index (χ1) is 3.52. The summed E-state index contributed by atoms with van der Waals surface area (Å²) in [7, 11) is 1.31. The zero-order chi connectivity index (χ0) is 6.41. The predicted molar refractivity (Wildman–Crippen MR) is 25.0 cm³/mol. The second-order valence-electron chi connectivity index (χ2n) is 2.32. The summed E-state index contributed by atoms with van der Waals surface area (Å²) in [5, 5.41) is 0. The van der Waals surface area contributed by atoms with E-state index in [4.69, 9.17) is 0 Å². The highest BCUT2D eigenvalue weighted by atomic mass is 19.3. The van der Waals surface area contributed by atoms with E-state index in [0.29, 0.717) is 0 Å². The Morgan fingerprint density at radius 3 is 1.88 bits per heavy atom. The van der Waals surface area contributed by atoms with Gasteiger partial charge in [0.1, 0.15) is 5.60 Å². The molecule has 1 fully saturated rings. The zero-order valence-electron chi connectivity index (χ0n) is 4.87. The molecule has 0 aliphatic heterocycles. The van der Waals surface area contributed by atoms with Gasteiger partial charge in [0.25, 0.3) is 5.92 Å². The van der Waals surface area contributed by atoms with Crippen molar-refractivity contribution in [3.63, 3.8) is 0 Å². The van der Waals surface area contributed by atoms with Gasteiger partial charge in [0.05, 0.1) is 0 Å². The molecule has 48 valence electrons. The molecule has 0 radical (unpaired) electrons. The van der Waals surface area contributed by atoms with Crippen LogP contribution in [0.25, 0.3) is 0 Å². The minimum absolute atomic E-state index is 0.128. The van der Waals surface area contributed by atoms with E-state index in [-0.39, 0.29) is 6.42 Å². The van der Waals surface area contributed by atoms with E-state index in [9.17, 15) is 8.78 Å². The molecule has 3 heteroatoms. The van der Waals surface area contributed by atoms with Gasteiger partial charge in [-0.25, -0.2) is 8.78 Å². The summed E-state index contributed by atoms with van der Waals surface area (Å²) >= 11 is 0. The Bertz CT molecular complexity index is 113. The quantitative estimate of drug-likeness (QED) is 0.511. The molecule has 0 N–H and O–H groups in total. The van der Waals surface area contributed by atoms with Crippen LogP contribution in [-0.4, -0.2) is 18.6 Å². The summed E-state index contributed by atoms with van der Waals surface area (Å²) in [4.78, 5) is 0. The van der Waals surface area contributed by atoms with Crippen LogP contribution in [0.4, 0.5) is 8.78 Å².